The van der Waals surface area contributed by atoms with Crippen LogP contribution in [0.15, 0.2) is 47.6 Å². The Kier molecular flexibility index (Phi) is 3.84. The summed E-state index contributed by atoms with van der Waals surface area (Å²) in [6.07, 6.45) is 2.87. The van der Waals surface area contributed by atoms with Crippen molar-refractivity contribution in [2.24, 2.45) is 7.05 Å². The van der Waals surface area contributed by atoms with Crippen LogP contribution in [0, 0.1) is 0 Å². The molecule has 2 N–H and O–H groups in total. The van der Waals surface area contributed by atoms with Crippen molar-refractivity contribution >= 4 is 17.0 Å². The predicted molar refractivity (Wildman–Crippen MR) is 84.9 cm³/mol. The second kappa shape index (κ2) is 5.96. The number of fused-ring (bicyclic) bond motifs is 1. The van der Waals surface area contributed by atoms with Crippen LogP contribution >= 0.6 is 0 Å². The highest BCUT2D eigenvalue weighted by atomic mass is 16.5. The minimum Gasteiger partial charge on any atom is -0.465 e. The van der Waals surface area contributed by atoms with Crippen molar-refractivity contribution in [1.29, 1.82) is 0 Å². The molecule has 118 valence electrons. The zero-order chi connectivity index (χ0) is 16.4. The smallest absolute Gasteiger partial charge is 0.405 e. The molecular formula is C16H16N4O3. The van der Waals surface area contributed by atoms with Crippen LogP contribution in [0.2, 0.25) is 0 Å². The maximum atomic E-state index is 10.9. The largest absolute Gasteiger partial charge is 0.465 e. The summed E-state index contributed by atoms with van der Waals surface area (Å²) in [4.78, 5) is 10.9. The highest BCUT2D eigenvalue weighted by Crippen LogP contribution is 2.27. The Morgan fingerprint density at radius 1 is 1.52 bits per heavy atom. The molecule has 0 bridgehead atoms. The first-order valence-corrected chi connectivity index (χ1v) is 7.07. The quantitative estimate of drug-likeness (QED) is 0.706. The van der Waals surface area contributed by atoms with Gasteiger partial charge < -0.3 is 14.9 Å². The molecule has 2 aromatic heterocycles. The van der Waals surface area contributed by atoms with E-state index in [-0.39, 0.29) is 0 Å². The van der Waals surface area contributed by atoms with E-state index in [9.17, 15) is 4.79 Å². The highest BCUT2D eigenvalue weighted by Gasteiger charge is 2.18. The number of benzene rings is 1. The van der Waals surface area contributed by atoms with Gasteiger partial charge in [0.05, 0.1) is 11.6 Å². The first-order valence-electron chi connectivity index (χ1n) is 7.07. The van der Waals surface area contributed by atoms with E-state index in [2.05, 4.69) is 22.2 Å². The average molecular weight is 312 g/mol. The van der Waals surface area contributed by atoms with Crippen molar-refractivity contribution in [2.75, 3.05) is 0 Å². The predicted octanol–water partition coefficient (Wildman–Crippen LogP) is 3.11. The van der Waals surface area contributed by atoms with E-state index in [0.29, 0.717) is 17.9 Å². The molecule has 3 aromatic rings. The molecular weight excluding hydrogens is 296 g/mol. The third-order valence-electron chi connectivity index (χ3n) is 3.49. The number of rotatable bonds is 5. The lowest BCUT2D eigenvalue weighted by atomic mass is 10.1. The van der Waals surface area contributed by atoms with Gasteiger partial charge in [0.25, 0.3) is 0 Å². The van der Waals surface area contributed by atoms with Crippen LogP contribution in [0.5, 0.6) is 0 Å². The summed E-state index contributed by atoms with van der Waals surface area (Å²) < 4.78 is 7.12. The molecule has 7 nitrogen and oxygen atoms in total. The molecule has 1 atom stereocenters. The molecule has 3 rings (SSSR count). The Balaban J connectivity index is 1.92. The molecule has 0 fully saturated rings. The minimum absolute atomic E-state index is 0.430. The second-order valence-corrected chi connectivity index (χ2v) is 5.22. The van der Waals surface area contributed by atoms with E-state index in [1.165, 1.54) is 0 Å². The van der Waals surface area contributed by atoms with E-state index < -0.39 is 12.1 Å². The van der Waals surface area contributed by atoms with Crippen molar-refractivity contribution in [3.63, 3.8) is 0 Å². The molecule has 1 aromatic carbocycles. The van der Waals surface area contributed by atoms with Crippen molar-refractivity contribution in [2.45, 2.75) is 12.5 Å². The highest BCUT2D eigenvalue weighted by molar-refractivity contribution is 5.83. The van der Waals surface area contributed by atoms with Gasteiger partial charge in [-0.1, -0.05) is 11.2 Å². The number of hydrogen-bond acceptors (Lipinski definition) is 4. The van der Waals surface area contributed by atoms with Crippen molar-refractivity contribution < 1.29 is 14.4 Å². The van der Waals surface area contributed by atoms with Gasteiger partial charge >= 0.3 is 6.09 Å². The van der Waals surface area contributed by atoms with Crippen LogP contribution in [-0.4, -0.2) is 26.1 Å². The van der Waals surface area contributed by atoms with Gasteiger partial charge in [-0.3, -0.25) is 4.68 Å². The van der Waals surface area contributed by atoms with Crippen molar-refractivity contribution in [3.05, 3.63) is 48.8 Å². The second-order valence-electron chi connectivity index (χ2n) is 5.22. The number of amides is 1. The van der Waals surface area contributed by atoms with Gasteiger partial charge in [-0.25, -0.2) is 4.79 Å². The molecule has 0 unspecified atom stereocenters. The molecule has 2 heterocycles. The molecule has 0 aliphatic rings. The fraction of sp³-hybridized carbons (Fsp3) is 0.188. The zero-order valence-electron chi connectivity index (χ0n) is 12.6. The first kappa shape index (κ1) is 14.8. The average Bonchev–Trinajstić information content (AvgIpc) is 3.10. The van der Waals surface area contributed by atoms with E-state index in [0.717, 1.165) is 16.5 Å². The van der Waals surface area contributed by atoms with Crippen LogP contribution in [-0.2, 0) is 7.05 Å². The summed E-state index contributed by atoms with van der Waals surface area (Å²) >= 11 is 0. The lowest BCUT2D eigenvalue weighted by molar-refractivity contribution is 0.189. The minimum atomic E-state index is -1.11. The zero-order valence-corrected chi connectivity index (χ0v) is 12.6. The number of aryl methyl sites for hydroxylation is 1. The number of nitrogens with zero attached hydrogens (tertiary/aromatic N) is 3. The summed E-state index contributed by atoms with van der Waals surface area (Å²) in [6, 6.07) is 7.02. The van der Waals surface area contributed by atoms with Crippen LogP contribution < -0.4 is 5.32 Å². The van der Waals surface area contributed by atoms with Crippen LogP contribution in [0.3, 0.4) is 0 Å². The normalized spacial score (nSPS) is 12.2. The third kappa shape index (κ3) is 3.08. The van der Waals surface area contributed by atoms with Gasteiger partial charge in [0.15, 0.2) is 5.76 Å². The monoisotopic (exact) mass is 312 g/mol. The fourth-order valence-corrected chi connectivity index (χ4v) is 2.46. The molecule has 0 aliphatic carbocycles. The van der Waals surface area contributed by atoms with Crippen LogP contribution in [0.1, 0.15) is 18.2 Å². The number of carboxylic acid groups (broad SMARTS) is 1. The Hall–Kier alpha value is -3.09. The van der Waals surface area contributed by atoms with Gasteiger partial charge in [0, 0.05) is 30.3 Å². The summed E-state index contributed by atoms with van der Waals surface area (Å²) in [7, 11) is 1.86. The number of aromatic nitrogens is 3. The molecule has 7 heteroatoms. The van der Waals surface area contributed by atoms with Gasteiger partial charge in [0.1, 0.15) is 5.69 Å². The third-order valence-corrected chi connectivity index (χ3v) is 3.49. The molecule has 0 saturated heterocycles. The van der Waals surface area contributed by atoms with Crippen LogP contribution in [0.25, 0.3) is 22.2 Å². The van der Waals surface area contributed by atoms with Gasteiger partial charge in [-0.2, -0.15) is 5.10 Å². The van der Waals surface area contributed by atoms with E-state index in [4.69, 9.17) is 9.63 Å². The number of hydrogen-bond donors (Lipinski definition) is 2. The van der Waals surface area contributed by atoms with E-state index >= 15 is 0 Å². The molecule has 1 amide bonds. The summed E-state index contributed by atoms with van der Waals surface area (Å²) in [5, 5.41) is 20.6. The van der Waals surface area contributed by atoms with Gasteiger partial charge in [-0.15, -0.1) is 6.58 Å². The van der Waals surface area contributed by atoms with Crippen LogP contribution in [0.4, 0.5) is 4.79 Å². The molecule has 0 saturated carbocycles. The summed E-state index contributed by atoms with van der Waals surface area (Å²) in [5.74, 6) is 0.576. The maximum Gasteiger partial charge on any atom is 0.405 e. The van der Waals surface area contributed by atoms with E-state index in [1.54, 1.807) is 16.8 Å². The fourth-order valence-electron chi connectivity index (χ4n) is 2.46. The summed E-state index contributed by atoms with van der Waals surface area (Å²) in [5.41, 5.74) is 2.28. The maximum absolute atomic E-state index is 10.9. The Bertz CT molecular complexity index is 865. The summed E-state index contributed by atoms with van der Waals surface area (Å²) in [6.45, 7) is 3.63. The Labute approximate surface area is 132 Å². The van der Waals surface area contributed by atoms with Gasteiger partial charge in [0.2, 0.25) is 0 Å². The van der Waals surface area contributed by atoms with Crippen molar-refractivity contribution in [1.82, 2.24) is 20.3 Å². The molecule has 23 heavy (non-hydrogen) atoms. The SMILES string of the molecule is C=CC[C@H](NC(=O)O)c1cc(-c2ccc3nn(C)cc3c2)on1. The topological polar surface area (TPSA) is 93.2 Å². The molecule has 0 aliphatic heterocycles. The van der Waals surface area contributed by atoms with Gasteiger partial charge in [-0.05, 0) is 24.6 Å². The lowest BCUT2D eigenvalue weighted by Gasteiger charge is -2.10. The number of nitrogens with one attached hydrogen (secondary N) is 1. The standard InChI is InChI=1S/C16H16N4O3/c1-3-4-13(17-16(21)22)14-8-15(23-19-14)10-5-6-12-11(7-10)9-20(2)18-12/h3,5-9,13,17H,1,4H2,2H3,(H,21,22)/t13-/m0/s1. The molecule has 0 radical (unpaired) electrons. The Morgan fingerprint density at radius 3 is 3.09 bits per heavy atom. The lowest BCUT2D eigenvalue weighted by Crippen LogP contribution is -2.26. The van der Waals surface area contributed by atoms with Crippen molar-refractivity contribution in [3.8, 4) is 11.3 Å². The Morgan fingerprint density at radius 2 is 2.35 bits per heavy atom. The number of carbonyl (C=O) groups is 1. The molecule has 0 spiro atoms. The van der Waals surface area contributed by atoms with E-state index in [1.807, 2.05) is 31.4 Å². The first-order chi connectivity index (χ1) is 11.1.